The normalized spacial score (nSPS) is 10.3. The van der Waals surface area contributed by atoms with Crippen molar-refractivity contribution in [1.82, 2.24) is 4.90 Å². The van der Waals surface area contributed by atoms with Crippen LogP contribution in [0.2, 0.25) is 5.02 Å². The fourth-order valence-corrected chi connectivity index (χ4v) is 1.87. The predicted molar refractivity (Wildman–Crippen MR) is 70.3 cm³/mol. The standard InChI is InChI=1S/C14H14ClNO2/c1-16(10-12-6-4-8-18-12)14(17)9-11-5-2-3-7-13(11)15/h2-8H,9-10H2,1H3. The predicted octanol–water partition coefficient (Wildman–Crippen LogP) is 3.13. The van der Waals surface area contributed by atoms with Crippen molar-refractivity contribution in [2.24, 2.45) is 0 Å². The summed E-state index contributed by atoms with van der Waals surface area (Å²) in [7, 11) is 1.75. The molecule has 0 fully saturated rings. The van der Waals surface area contributed by atoms with Crippen molar-refractivity contribution >= 4 is 17.5 Å². The third-order valence-corrected chi connectivity index (χ3v) is 3.07. The van der Waals surface area contributed by atoms with Crippen LogP contribution in [0.3, 0.4) is 0 Å². The molecule has 1 heterocycles. The molecule has 2 aromatic rings. The quantitative estimate of drug-likeness (QED) is 0.849. The van der Waals surface area contributed by atoms with E-state index in [2.05, 4.69) is 0 Å². The van der Waals surface area contributed by atoms with Crippen LogP contribution in [0.5, 0.6) is 0 Å². The van der Waals surface area contributed by atoms with E-state index in [1.54, 1.807) is 24.3 Å². The first-order valence-corrected chi connectivity index (χ1v) is 6.04. The van der Waals surface area contributed by atoms with E-state index in [-0.39, 0.29) is 5.91 Å². The van der Waals surface area contributed by atoms with Crippen LogP contribution < -0.4 is 0 Å². The number of benzene rings is 1. The van der Waals surface area contributed by atoms with Gasteiger partial charge in [0.1, 0.15) is 5.76 Å². The van der Waals surface area contributed by atoms with Crippen molar-refractivity contribution in [2.75, 3.05) is 7.05 Å². The average Bonchev–Trinajstić information content (AvgIpc) is 2.84. The van der Waals surface area contributed by atoms with Gasteiger partial charge in [0.2, 0.25) is 5.91 Å². The van der Waals surface area contributed by atoms with Crippen molar-refractivity contribution in [1.29, 1.82) is 0 Å². The molecule has 0 saturated heterocycles. The summed E-state index contributed by atoms with van der Waals surface area (Å²) in [4.78, 5) is 13.6. The van der Waals surface area contributed by atoms with Crippen molar-refractivity contribution in [2.45, 2.75) is 13.0 Å². The highest BCUT2D eigenvalue weighted by Gasteiger charge is 2.12. The molecule has 2 rings (SSSR count). The number of hydrogen-bond donors (Lipinski definition) is 0. The monoisotopic (exact) mass is 263 g/mol. The minimum Gasteiger partial charge on any atom is -0.467 e. The molecule has 4 heteroatoms. The third kappa shape index (κ3) is 3.14. The van der Waals surface area contributed by atoms with Gasteiger partial charge in [0.25, 0.3) is 0 Å². The Kier molecular flexibility index (Phi) is 4.05. The molecule has 0 atom stereocenters. The molecule has 18 heavy (non-hydrogen) atoms. The summed E-state index contributed by atoms with van der Waals surface area (Å²) in [6, 6.07) is 11.0. The van der Waals surface area contributed by atoms with E-state index < -0.39 is 0 Å². The van der Waals surface area contributed by atoms with Gasteiger partial charge in [0.15, 0.2) is 0 Å². The summed E-state index contributed by atoms with van der Waals surface area (Å²) in [5.41, 5.74) is 0.843. The molecule has 94 valence electrons. The van der Waals surface area contributed by atoms with Crippen LogP contribution in [-0.4, -0.2) is 17.9 Å². The van der Waals surface area contributed by atoms with Crippen molar-refractivity contribution in [3.05, 3.63) is 59.0 Å². The zero-order valence-electron chi connectivity index (χ0n) is 10.1. The number of nitrogens with zero attached hydrogens (tertiary/aromatic N) is 1. The van der Waals surface area contributed by atoms with E-state index in [0.717, 1.165) is 11.3 Å². The molecule has 0 aliphatic carbocycles. The van der Waals surface area contributed by atoms with Crippen LogP contribution in [0.25, 0.3) is 0 Å². The highest BCUT2D eigenvalue weighted by molar-refractivity contribution is 6.31. The van der Waals surface area contributed by atoms with Gasteiger partial charge < -0.3 is 9.32 Å². The second kappa shape index (κ2) is 5.74. The molecular weight excluding hydrogens is 250 g/mol. The van der Waals surface area contributed by atoms with Gasteiger partial charge in [-0.3, -0.25) is 4.79 Å². The minimum absolute atomic E-state index is 0.0134. The SMILES string of the molecule is CN(Cc1ccco1)C(=O)Cc1ccccc1Cl. The Hall–Kier alpha value is -1.74. The lowest BCUT2D eigenvalue weighted by Crippen LogP contribution is -2.27. The molecule has 0 unspecified atom stereocenters. The van der Waals surface area contributed by atoms with Gasteiger partial charge in [-0.25, -0.2) is 0 Å². The number of carbonyl (C=O) groups excluding carboxylic acids is 1. The van der Waals surface area contributed by atoms with Gasteiger partial charge in [-0.05, 0) is 23.8 Å². The highest BCUT2D eigenvalue weighted by Crippen LogP contribution is 2.16. The molecule has 1 aromatic carbocycles. The van der Waals surface area contributed by atoms with E-state index in [9.17, 15) is 4.79 Å². The van der Waals surface area contributed by atoms with E-state index in [4.69, 9.17) is 16.0 Å². The molecule has 1 aromatic heterocycles. The summed E-state index contributed by atoms with van der Waals surface area (Å²) < 4.78 is 5.21. The van der Waals surface area contributed by atoms with Gasteiger partial charge in [-0.2, -0.15) is 0 Å². The van der Waals surface area contributed by atoms with Gasteiger partial charge in [-0.1, -0.05) is 29.8 Å². The number of furan rings is 1. The lowest BCUT2D eigenvalue weighted by atomic mass is 10.1. The van der Waals surface area contributed by atoms with Crippen molar-refractivity contribution < 1.29 is 9.21 Å². The van der Waals surface area contributed by atoms with Crippen LogP contribution in [0.15, 0.2) is 47.1 Å². The highest BCUT2D eigenvalue weighted by atomic mass is 35.5. The molecule has 0 radical (unpaired) electrons. The summed E-state index contributed by atoms with van der Waals surface area (Å²) >= 11 is 6.03. The Balaban J connectivity index is 1.98. The number of halogens is 1. The van der Waals surface area contributed by atoms with Crippen LogP contribution >= 0.6 is 11.6 Å². The summed E-state index contributed by atoms with van der Waals surface area (Å²) in [6.45, 7) is 0.469. The Morgan fingerprint density at radius 3 is 2.72 bits per heavy atom. The topological polar surface area (TPSA) is 33.5 Å². The molecule has 3 nitrogen and oxygen atoms in total. The van der Waals surface area contributed by atoms with Gasteiger partial charge in [0, 0.05) is 12.1 Å². The van der Waals surface area contributed by atoms with Gasteiger partial charge in [0.05, 0.1) is 19.2 Å². The fourth-order valence-electron chi connectivity index (χ4n) is 1.66. The first-order valence-electron chi connectivity index (χ1n) is 5.66. The van der Waals surface area contributed by atoms with Crippen LogP contribution in [0, 0.1) is 0 Å². The molecular formula is C14H14ClNO2. The summed E-state index contributed by atoms with van der Waals surface area (Å²) in [5.74, 6) is 0.782. The first-order chi connectivity index (χ1) is 8.66. The van der Waals surface area contributed by atoms with Gasteiger partial charge in [-0.15, -0.1) is 0 Å². The maximum Gasteiger partial charge on any atom is 0.227 e. The molecule has 0 aliphatic heterocycles. The van der Waals surface area contributed by atoms with E-state index in [0.29, 0.717) is 18.0 Å². The Labute approximate surface area is 111 Å². The Bertz CT molecular complexity index is 522. The number of amides is 1. The molecule has 0 spiro atoms. The second-order valence-electron chi connectivity index (χ2n) is 4.10. The molecule has 0 bridgehead atoms. The van der Waals surface area contributed by atoms with Gasteiger partial charge >= 0.3 is 0 Å². The lowest BCUT2D eigenvalue weighted by Gasteiger charge is -2.16. The van der Waals surface area contributed by atoms with Crippen molar-refractivity contribution in [3.63, 3.8) is 0 Å². The van der Waals surface area contributed by atoms with Crippen molar-refractivity contribution in [3.8, 4) is 0 Å². The Morgan fingerprint density at radius 1 is 1.28 bits per heavy atom. The maximum absolute atomic E-state index is 12.0. The van der Waals surface area contributed by atoms with Crippen LogP contribution in [-0.2, 0) is 17.8 Å². The van der Waals surface area contributed by atoms with E-state index in [1.807, 2.05) is 30.3 Å². The number of likely N-dealkylation sites (N-methyl/N-ethyl adjacent to an activating group) is 1. The van der Waals surface area contributed by atoms with Crippen LogP contribution in [0.1, 0.15) is 11.3 Å². The molecule has 1 amide bonds. The second-order valence-corrected chi connectivity index (χ2v) is 4.50. The third-order valence-electron chi connectivity index (χ3n) is 2.70. The van der Waals surface area contributed by atoms with Crippen LogP contribution in [0.4, 0.5) is 0 Å². The first kappa shape index (κ1) is 12.7. The summed E-state index contributed by atoms with van der Waals surface area (Å²) in [5, 5.41) is 0.622. The van der Waals surface area contributed by atoms with E-state index >= 15 is 0 Å². The number of hydrogen-bond acceptors (Lipinski definition) is 2. The average molecular weight is 264 g/mol. The summed E-state index contributed by atoms with van der Waals surface area (Å²) in [6.07, 6.45) is 1.90. The fraction of sp³-hybridized carbons (Fsp3) is 0.214. The maximum atomic E-state index is 12.0. The largest absolute Gasteiger partial charge is 0.467 e. The zero-order valence-corrected chi connectivity index (χ0v) is 10.9. The van der Waals surface area contributed by atoms with E-state index in [1.165, 1.54) is 0 Å². The smallest absolute Gasteiger partial charge is 0.227 e. The molecule has 0 N–H and O–H groups in total. The number of rotatable bonds is 4. The zero-order chi connectivity index (χ0) is 13.0. The number of carbonyl (C=O) groups is 1. The minimum atomic E-state index is 0.0134. The Morgan fingerprint density at radius 2 is 2.06 bits per heavy atom. The lowest BCUT2D eigenvalue weighted by molar-refractivity contribution is -0.129. The molecule has 0 saturated carbocycles. The molecule has 0 aliphatic rings.